The van der Waals surface area contributed by atoms with Crippen LogP contribution in [0.5, 0.6) is 0 Å². The maximum absolute atomic E-state index is 2.48. The van der Waals surface area contributed by atoms with Crippen LogP contribution in [0.3, 0.4) is 0 Å². The highest BCUT2D eigenvalue weighted by Gasteiger charge is 2.47. The molecule has 2 aromatic rings. The fourth-order valence-corrected chi connectivity index (χ4v) is 4.37. The van der Waals surface area contributed by atoms with Crippen LogP contribution in [0, 0.1) is 0 Å². The zero-order valence-corrected chi connectivity index (χ0v) is 15.3. The Kier molecular flexibility index (Phi) is 6.04. The highest BCUT2D eigenvalue weighted by atomic mass is 14.5. The van der Waals surface area contributed by atoms with Gasteiger partial charge in [0.2, 0.25) is 0 Å². The summed E-state index contributed by atoms with van der Waals surface area (Å²) in [5.41, 5.74) is 3.33. The van der Waals surface area contributed by atoms with Gasteiger partial charge in [-0.05, 0) is 30.4 Å². The van der Waals surface area contributed by atoms with Gasteiger partial charge in [-0.15, -0.1) is 0 Å². The lowest BCUT2D eigenvalue weighted by Gasteiger charge is -2.50. The summed E-state index contributed by atoms with van der Waals surface area (Å²) in [6.07, 6.45) is 6.12. The molecule has 0 fully saturated rings. The second-order valence-corrected chi connectivity index (χ2v) is 6.96. The van der Waals surface area contributed by atoms with Gasteiger partial charge < -0.3 is 0 Å². The molecular weight excluding hydrogens is 276 g/mol. The molecule has 0 bridgehead atoms. The van der Waals surface area contributed by atoms with Gasteiger partial charge in [0.25, 0.3) is 0 Å². The third-order valence-electron chi connectivity index (χ3n) is 6.06. The van der Waals surface area contributed by atoms with Gasteiger partial charge in [-0.25, -0.2) is 0 Å². The van der Waals surface area contributed by atoms with Crippen molar-refractivity contribution in [3.05, 3.63) is 71.8 Å². The van der Waals surface area contributed by atoms with E-state index in [0.717, 1.165) is 6.42 Å². The zero-order chi connectivity index (χ0) is 16.8. The average Bonchev–Trinajstić information content (AvgIpc) is 2.64. The standard InChI is InChI=1S/C23H32/c1-5-8-19-23(7-3,21-17-13-10-14-18-21)22(4,6-2)20-15-11-9-12-16-20/h9-18H,5-8,19H2,1-4H3. The Bertz CT molecular complexity index is 572. The van der Waals surface area contributed by atoms with Crippen molar-refractivity contribution < 1.29 is 0 Å². The molecule has 0 N–H and O–H groups in total. The second-order valence-electron chi connectivity index (χ2n) is 6.96. The predicted molar refractivity (Wildman–Crippen MR) is 102 cm³/mol. The summed E-state index contributed by atoms with van der Waals surface area (Å²) >= 11 is 0. The lowest BCUT2D eigenvalue weighted by molar-refractivity contribution is 0.192. The van der Waals surface area contributed by atoms with Crippen molar-refractivity contribution in [2.24, 2.45) is 0 Å². The molecule has 2 atom stereocenters. The fourth-order valence-electron chi connectivity index (χ4n) is 4.37. The number of rotatable bonds is 8. The summed E-state index contributed by atoms with van der Waals surface area (Å²) in [5, 5.41) is 0. The van der Waals surface area contributed by atoms with Gasteiger partial charge in [0.05, 0.1) is 0 Å². The molecule has 0 aliphatic rings. The second kappa shape index (κ2) is 7.81. The van der Waals surface area contributed by atoms with Crippen molar-refractivity contribution in [3.63, 3.8) is 0 Å². The number of benzene rings is 2. The van der Waals surface area contributed by atoms with Gasteiger partial charge in [0.15, 0.2) is 0 Å². The van der Waals surface area contributed by atoms with Crippen LogP contribution in [-0.2, 0) is 10.8 Å². The summed E-state index contributed by atoms with van der Waals surface area (Å²) in [6.45, 7) is 9.51. The Hall–Kier alpha value is -1.56. The Morgan fingerprint density at radius 1 is 0.696 bits per heavy atom. The SMILES string of the molecule is CCCCC(CC)(c1ccccc1)C(C)(CC)c1ccccc1. The molecule has 0 saturated carbocycles. The number of unbranched alkanes of at least 4 members (excludes halogenated alkanes) is 1. The molecule has 0 aliphatic carbocycles. The molecule has 124 valence electrons. The van der Waals surface area contributed by atoms with E-state index in [1.165, 1.54) is 36.8 Å². The fraction of sp³-hybridized carbons (Fsp3) is 0.478. The largest absolute Gasteiger partial charge is 0.0654 e. The smallest absolute Gasteiger partial charge is 0.00444 e. The molecule has 0 spiro atoms. The Morgan fingerprint density at radius 3 is 1.65 bits per heavy atom. The first-order valence-corrected chi connectivity index (χ1v) is 9.25. The van der Waals surface area contributed by atoms with Gasteiger partial charge in [0.1, 0.15) is 0 Å². The van der Waals surface area contributed by atoms with Gasteiger partial charge in [-0.2, -0.15) is 0 Å². The van der Waals surface area contributed by atoms with Crippen molar-refractivity contribution in [2.45, 2.75) is 70.6 Å². The summed E-state index contributed by atoms with van der Waals surface area (Å²) in [4.78, 5) is 0. The molecule has 2 aromatic carbocycles. The van der Waals surface area contributed by atoms with E-state index in [-0.39, 0.29) is 10.8 Å². The predicted octanol–water partition coefficient (Wildman–Crippen LogP) is 6.89. The summed E-state index contributed by atoms with van der Waals surface area (Å²) in [7, 11) is 0. The first-order chi connectivity index (χ1) is 11.1. The van der Waals surface area contributed by atoms with Crippen molar-refractivity contribution in [1.29, 1.82) is 0 Å². The Morgan fingerprint density at radius 2 is 1.22 bits per heavy atom. The normalized spacial score (nSPS) is 16.5. The van der Waals surface area contributed by atoms with E-state index >= 15 is 0 Å². The molecule has 0 heteroatoms. The van der Waals surface area contributed by atoms with E-state index in [1.54, 1.807) is 0 Å². The van der Waals surface area contributed by atoms with Gasteiger partial charge in [-0.1, -0.05) is 101 Å². The molecule has 23 heavy (non-hydrogen) atoms. The van der Waals surface area contributed by atoms with Crippen LogP contribution in [0.15, 0.2) is 60.7 Å². The monoisotopic (exact) mass is 308 g/mol. The van der Waals surface area contributed by atoms with Crippen molar-refractivity contribution in [1.82, 2.24) is 0 Å². The van der Waals surface area contributed by atoms with E-state index in [0.29, 0.717) is 0 Å². The maximum Gasteiger partial charge on any atom is 0.00444 e. The van der Waals surface area contributed by atoms with Crippen LogP contribution in [-0.4, -0.2) is 0 Å². The lowest BCUT2D eigenvalue weighted by Crippen LogP contribution is -2.46. The van der Waals surface area contributed by atoms with Crippen LogP contribution in [0.1, 0.15) is 70.9 Å². The van der Waals surface area contributed by atoms with Crippen molar-refractivity contribution >= 4 is 0 Å². The summed E-state index contributed by atoms with van der Waals surface area (Å²) in [6, 6.07) is 22.4. The minimum Gasteiger partial charge on any atom is -0.0654 e. The number of hydrogen-bond donors (Lipinski definition) is 0. The average molecular weight is 309 g/mol. The molecule has 2 rings (SSSR count). The first-order valence-electron chi connectivity index (χ1n) is 9.25. The Labute approximate surface area is 143 Å². The zero-order valence-electron chi connectivity index (χ0n) is 15.3. The van der Waals surface area contributed by atoms with Crippen LogP contribution in [0.4, 0.5) is 0 Å². The van der Waals surface area contributed by atoms with E-state index in [1.807, 2.05) is 0 Å². The molecule has 0 aromatic heterocycles. The molecule has 2 unspecified atom stereocenters. The first kappa shape index (κ1) is 17.8. The number of hydrogen-bond acceptors (Lipinski definition) is 0. The summed E-state index contributed by atoms with van der Waals surface area (Å²) in [5.74, 6) is 0. The maximum atomic E-state index is 2.48. The molecule has 0 amide bonds. The van der Waals surface area contributed by atoms with Gasteiger partial charge in [-0.3, -0.25) is 0 Å². The molecule has 0 nitrogen and oxygen atoms in total. The van der Waals surface area contributed by atoms with Crippen LogP contribution < -0.4 is 0 Å². The molecular formula is C23H32. The van der Waals surface area contributed by atoms with E-state index in [2.05, 4.69) is 88.4 Å². The molecule has 0 saturated heterocycles. The topological polar surface area (TPSA) is 0 Å². The highest BCUT2D eigenvalue weighted by Crippen LogP contribution is 2.51. The van der Waals surface area contributed by atoms with E-state index in [9.17, 15) is 0 Å². The van der Waals surface area contributed by atoms with Gasteiger partial charge in [0, 0.05) is 10.8 Å². The minimum absolute atomic E-state index is 0.152. The lowest BCUT2D eigenvalue weighted by atomic mass is 9.53. The molecule has 0 aliphatic heterocycles. The quantitative estimate of drug-likeness (QED) is 0.498. The van der Waals surface area contributed by atoms with Crippen LogP contribution >= 0.6 is 0 Å². The minimum atomic E-state index is 0.152. The molecule has 0 heterocycles. The van der Waals surface area contributed by atoms with Crippen LogP contribution in [0.25, 0.3) is 0 Å². The Balaban J connectivity index is 2.63. The third-order valence-corrected chi connectivity index (χ3v) is 6.06. The summed E-state index contributed by atoms with van der Waals surface area (Å²) < 4.78 is 0. The van der Waals surface area contributed by atoms with Crippen molar-refractivity contribution in [2.75, 3.05) is 0 Å². The third kappa shape index (κ3) is 3.22. The van der Waals surface area contributed by atoms with Crippen LogP contribution in [0.2, 0.25) is 0 Å². The van der Waals surface area contributed by atoms with Crippen molar-refractivity contribution in [3.8, 4) is 0 Å². The van der Waals surface area contributed by atoms with Gasteiger partial charge >= 0.3 is 0 Å². The highest BCUT2D eigenvalue weighted by molar-refractivity contribution is 5.38. The van der Waals surface area contributed by atoms with E-state index < -0.39 is 0 Å². The molecule has 0 radical (unpaired) electrons. The van der Waals surface area contributed by atoms with E-state index in [4.69, 9.17) is 0 Å².